The number of carbonyl (C=O) groups is 1. The Morgan fingerprint density at radius 1 is 1.07 bits per heavy atom. The summed E-state index contributed by atoms with van der Waals surface area (Å²) >= 11 is 0. The van der Waals surface area contributed by atoms with Gasteiger partial charge in [-0.25, -0.2) is 9.48 Å². The molecule has 7 heteroatoms. The summed E-state index contributed by atoms with van der Waals surface area (Å²) in [6, 6.07) is 16.6. The van der Waals surface area contributed by atoms with E-state index in [2.05, 4.69) is 15.3 Å². The van der Waals surface area contributed by atoms with Gasteiger partial charge in [-0.15, -0.1) is 10.2 Å². The number of hydrogen-bond acceptors (Lipinski definition) is 6. The second-order valence-corrected chi connectivity index (χ2v) is 6.36. The third-order valence-corrected chi connectivity index (χ3v) is 4.24. The number of benzene rings is 2. The number of rotatable bonds is 5. The predicted octanol–water partition coefficient (Wildman–Crippen LogP) is 4.15. The quantitative estimate of drug-likeness (QED) is 0.488. The molecule has 4 aromatic rings. The van der Waals surface area contributed by atoms with Gasteiger partial charge in [-0.2, -0.15) is 5.10 Å². The monoisotopic (exact) mass is 374 g/mol. The van der Waals surface area contributed by atoms with Gasteiger partial charge in [-0.05, 0) is 56.3 Å². The van der Waals surface area contributed by atoms with E-state index in [0.717, 1.165) is 16.8 Å². The molecular formula is C21H18N4O3. The van der Waals surface area contributed by atoms with Crippen molar-refractivity contribution in [1.29, 1.82) is 0 Å². The Bertz CT molecular complexity index is 1070. The van der Waals surface area contributed by atoms with Crippen LogP contribution in [-0.4, -0.2) is 25.9 Å². The first-order valence-electron chi connectivity index (χ1n) is 8.81. The molecule has 0 amide bonds. The van der Waals surface area contributed by atoms with Crippen LogP contribution in [0.15, 0.2) is 71.4 Å². The van der Waals surface area contributed by atoms with Gasteiger partial charge in [0.25, 0.3) is 5.89 Å². The molecule has 0 N–H and O–H groups in total. The molecule has 0 unspecified atom stereocenters. The van der Waals surface area contributed by atoms with Gasteiger partial charge in [0.15, 0.2) is 6.10 Å². The van der Waals surface area contributed by atoms with Crippen LogP contribution < -0.4 is 0 Å². The first kappa shape index (κ1) is 17.7. The van der Waals surface area contributed by atoms with Gasteiger partial charge in [0.05, 0.1) is 11.3 Å². The molecule has 0 bridgehead atoms. The van der Waals surface area contributed by atoms with E-state index in [4.69, 9.17) is 9.15 Å². The highest BCUT2D eigenvalue weighted by molar-refractivity contribution is 5.89. The Morgan fingerprint density at radius 2 is 1.82 bits per heavy atom. The largest absolute Gasteiger partial charge is 0.449 e. The van der Waals surface area contributed by atoms with E-state index in [1.165, 1.54) is 0 Å². The minimum Gasteiger partial charge on any atom is -0.449 e. The van der Waals surface area contributed by atoms with Crippen LogP contribution in [0.1, 0.15) is 34.8 Å². The lowest BCUT2D eigenvalue weighted by Crippen LogP contribution is -2.09. The Labute approximate surface area is 161 Å². The Morgan fingerprint density at radius 3 is 2.50 bits per heavy atom. The van der Waals surface area contributed by atoms with Gasteiger partial charge in [0.1, 0.15) is 0 Å². The molecule has 7 nitrogen and oxygen atoms in total. The highest BCUT2D eigenvalue weighted by Gasteiger charge is 2.20. The molecule has 0 spiro atoms. The zero-order chi connectivity index (χ0) is 19.5. The normalized spacial score (nSPS) is 11.9. The highest BCUT2D eigenvalue weighted by Crippen LogP contribution is 2.23. The number of carbonyl (C=O) groups excluding carboxylic acids is 1. The number of nitrogens with zero attached hydrogens (tertiary/aromatic N) is 4. The molecule has 0 radical (unpaired) electrons. The molecule has 2 heterocycles. The van der Waals surface area contributed by atoms with E-state index < -0.39 is 12.1 Å². The average Bonchev–Trinajstić information content (AvgIpc) is 3.41. The first-order chi connectivity index (χ1) is 13.6. The molecule has 140 valence electrons. The number of hydrogen-bond donors (Lipinski definition) is 0. The lowest BCUT2D eigenvalue weighted by molar-refractivity contribution is 0.0280. The van der Waals surface area contributed by atoms with Crippen LogP contribution in [0.5, 0.6) is 0 Å². The van der Waals surface area contributed by atoms with Crippen LogP contribution >= 0.6 is 0 Å². The fourth-order valence-electron chi connectivity index (χ4n) is 2.66. The van der Waals surface area contributed by atoms with Crippen molar-refractivity contribution in [2.75, 3.05) is 0 Å². The summed E-state index contributed by atoms with van der Waals surface area (Å²) in [4.78, 5) is 12.4. The maximum atomic E-state index is 12.4. The van der Waals surface area contributed by atoms with Gasteiger partial charge in [-0.3, -0.25) is 0 Å². The van der Waals surface area contributed by atoms with Crippen molar-refractivity contribution in [1.82, 2.24) is 20.0 Å². The highest BCUT2D eigenvalue weighted by atomic mass is 16.6. The van der Waals surface area contributed by atoms with Crippen molar-refractivity contribution in [3.05, 3.63) is 84.0 Å². The van der Waals surface area contributed by atoms with Crippen LogP contribution in [0.25, 0.3) is 17.1 Å². The van der Waals surface area contributed by atoms with Crippen molar-refractivity contribution < 1.29 is 13.9 Å². The van der Waals surface area contributed by atoms with E-state index >= 15 is 0 Å². The summed E-state index contributed by atoms with van der Waals surface area (Å²) in [5.41, 5.74) is 3.25. The van der Waals surface area contributed by atoms with Gasteiger partial charge in [0.2, 0.25) is 5.89 Å². The van der Waals surface area contributed by atoms with E-state index in [1.807, 2.05) is 43.5 Å². The van der Waals surface area contributed by atoms with Gasteiger partial charge in [0, 0.05) is 18.0 Å². The zero-order valence-corrected chi connectivity index (χ0v) is 15.4. The molecule has 4 rings (SSSR count). The van der Waals surface area contributed by atoms with Crippen LogP contribution in [0.3, 0.4) is 0 Å². The van der Waals surface area contributed by atoms with Crippen molar-refractivity contribution in [2.24, 2.45) is 0 Å². The number of ether oxygens (including phenoxy) is 1. The number of esters is 1. The Hall–Kier alpha value is -3.74. The molecule has 0 fully saturated rings. The second kappa shape index (κ2) is 7.48. The van der Waals surface area contributed by atoms with E-state index in [1.54, 1.807) is 42.1 Å². The van der Waals surface area contributed by atoms with Crippen LogP contribution in [0, 0.1) is 6.92 Å². The lowest BCUT2D eigenvalue weighted by Gasteiger charge is -2.10. The number of aryl methyl sites for hydroxylation is 1. The topological polar surface area (TPSA) is 83.0 Å². The molecule has 0 saturated carbocycles. The van der Waals surface area contributed by atoms with Crippen LogP contribution in [0.4, 0.5) is 0 Å². The standard InChI is InChI=1S/C21H18N4O3/c1-14-4-6-16(7-5-14)20-24-23-19(28-20)15(2)27-21(26)17-8-10-18(11-9-17)25-13-3-12-22-25/h3-13,15H,1-2H3/t15-/m1/s1. The summed E-state index contributed by atoms with van der Waals surface area (Å²) in [5, 5.41) is 12.2. The molecule has 0 saturated heterocycles. The minimum atomic E-state index is -0.662. The lowest BCUT2D eigenvalue weighted by atomic mass is 10.1. The fraction of sp³-hybridized carbons (Fsp3) is 0.143. The van der Waals surface area contributed by atoms with Crippen molar-refractivity contribution in [3.8, 4) is 17.1 Å². The van der Waals surface area contributed by atoms with Crippen molar-refractivity contribution >= 4 is 5.97 Å². The molecular weight excluding hydrogens is 356 g/mol. The van der Waals surface area contributed by atoms with Gasteiger partial charge >= 0.3 is 5.97 Å². The maximum Gasteiger partial charge on any atom is 0.338 e. The first-order valence-corrected chi connectivity index (χ1v) is 8.81. The van der Waals surface area contributed by atoms with Gasteiger partial charge < -0.3 is 9.15 Å². The molecule has 0 aliphatic rings. The Balaban J connectivity index is 1.44. The van der Waals surface area contributed by atoms with Crippen molar-refractivity contribution in [2.45, 2.75) is 20.0 Å². The predicted molar refractivity (Wildman–Crippen MR) is 102 cm³/mol. The molecule has 0 aliphatic carbocycles. The average molecular weight is 374 g/mol. The van der Waals surface area contributed by atoms with Crippen LogP contribution in [-0.2, 0) is 4.74 Å². The minimum absolute atomic E-state index is 0.247. The summed E-state index contributed by atoms with van der Waals surface area (Å²) in [6.45, 7) is 3.70. The molecule has 1 atom stereocenters. The second-order valence-electron chi connectivity index (χ2n) is 6.36. The summed E-state index contributed by atoms with van der Waals surface area (Å²) in [5.74, 6) is 0.174. The number of aromatic nitrogens is 4. The van der Waals surface area contributed by atoms with E-state index in [9.17, 15) is 4.79 Å². The molecule has 28 heavy (non-hydrogen) atoms. The van der Waals surface area contributed by atoms with E-state index in [0.29, 0.717) is 11.5 Å². The SMILES string of the molecule is Cc1ccc(-c2nnc([C@@H](C)OC(=O)c3ccc(-n4cccn4)cc3)o2)cc1. The fourth-order valence-corrected chi connectivity index (χ4v) is 2.66. The Kier molecular flexibility index (Phi) is 4.72. The van der Waals surface area contributed by atoms with Crippen LogP contribution in [0.2, 0.25) is 0 Å². The molecule has 2 aromatic carbocycles. The van der Waals surface area contributed by atoms with Gasteiger partial charge in [-0.1, -0.05) is 17.7 Å². The third kappa shape index (κ3) is 3.68. The maximum absolute atomic E-state index is 12.4. The molecule has 2 aromatic heterocycles. The summed E-state index contributed by atoms with van der Waals surface area (Å²) < 4.78 is 12.8. The smallest absolute Gasteiger partial charge is 0.338 e. The third-order valence-electron chi connectivity index (χ3n) is 4.24. The summed E-state index contributed by atoms with van der Waals surface area (Å²) in [6.07, 6.45) is 2.86. The van der Waals surface area contributed by atoms with E-state index in [-0.39, 0.29) is 5.89 Å². The zero-order valence-electron chi connectivity index (χ0n) is 15.4. The van der Waals surface area contributed by atoms with Crippen molar-refractivity contribution in [3.63, 3.8) is 0 Å². The molecule has 0 aliphatic heterocycles. The summed E-state index contributed by atoms with van der Waals surface area (Å²) in [7, 11) is 0.